The second kappa shape index (κ2) is 6.67. The standard InChI is InChI=1S/C18H15ClN2O2/c1-12(13-6-2-3-7-14(13)19)20-17(22)10-11-18-21-15-8-4-5-9-16(15)23-18/h2-12H,1H3,(H,20,22)/b11-10+. The number of oxazole rings is 1. The molecular formula is C18H15ClN2O2. The molecular weight excluding hydrogens is 312 g/mol. The van der Waals surface area contributed by atoms with Crippen LogP contribution in [0.2, 0.25) is 5.02 Å². The zero-order chi connectivity index (χ0) is 16.2. The largest absolute Gasteiger partial charge is 0.437 e. The molecule has 1 aromatic heterocycles. The van der Waals surface area contributed by atoms with Gasteiger partial charge in [-0.1, -0.05) is 41.9 Å². The van der Waals surface area contributed by atoms with E-state index in [1.807, 2.05) is 49.4 Å². The maximum absolute atomic E-state index is 12.0. The average Bonchev–Trinajstić information content (AvgIpc) is 2.96. The van der Waals surface area contributed by atoms with Crippen LogP contribution in [-0.2, 0) is 4.79 Å². The van der Waals surface area contributed by atoms with E-state index in [0.717, 1.165) is 11.1 Å². The van der Waals surface area contributed by atoms with Crippen molar-refractivity contribution in [1.29, 1.82) is 0 Å². The van der Waals surface area contributed by atoms with E-state index in [4.69, 9.17) is 16.0 Å². The van der Waals surface area contributed by atoms with Crippen molar-refractivity contribution in [1.82, 2.24) is 10.3 Å². The summed E-state index contributed by atoms with van der Waals surface area (Å²) in [5, 5.41) is 3.49. The Kier molecular flexibility index (Phi) is 4.44. The molecule has 0 aliphatic rings. The molecule has 0 aliphatic heterocycles. The van der Waals surface area contributed by atoms with E-state index in [1.54, 1.807) is 12.1 Å². The highest BCUT2D eigenvalue weighted by Crippen LogP contribution is 2.22. The summed E-state index contributed by atoms with van der Waals surface area (Å²) in [6.07, 6.45) is 2.95. The highest BCUT2D eigenvalue weighted by atomic mass is 35.5. The van der Waals surface area contributed by atoms with Crippen molar-refractivity contribution >= 4 is 34.7 Å². The van der Waals surface area contributed by atoms with Crippen LogP contribution in [0.3, 0.4) is 0 Å². The summed E-state index contributed by atoms with van der Waals surface area (Å²) in [6.45, 7) is 1.88. The van der Waals surface area contributed by atoms with Crippen LogP contribution in [-0.4, -0.2) is 10.9 Å². The number of nitrogens with one attached hydrogen (secondary N) is 1. The fourth-order valence-corrected chi connectivity index (χ4v) is 2.57. The van der Waals surface area contributed by atoms with E-state index in [1.165, 1.54) is 6.08 Å². The molecule has 1 N–H and O–H groups in total. The van der Waals surface area contributed by atoms with Gasteiger partial charge in [-0.15, -0.1) is 0 Å². The lowest BCUT2D eigenvalue weighted by molar-refractivity contribution is -0.117. The number of aromatic nitrogens is 1. The normalized spacial score (nSPS) is 12.6. The fourth-order valence-electron chi connectivity index (χ4n) is 2.27. The Labute approximate surface area is 138 Å². The third kappa shape index (κ3) is 3.60. The molecule has 0 fully saturated rings. The number of halogens is 1. The van der Waals surface area contributed by atoms with Crippen molar-refractivity contribution in [2.24, 2.45) is 0 Å². The van der Waals surface area contributed by atoms with Crippen molar-refractivity contribution in [3.05, 3.63) is 71.1 Å². The van der Waals surface area contributed by atoms with Crippen LogP contribution in [0.4, 0.5) is 0 Å². The average molecular weight is 327 g/mol. The molecule has 1 amide bonds. The van der Waals surface area contributed by atoms with Crippen molar-refractivity contribution < 1.29 is 9.21 Å². The molecule has 2 aromatic carbocycles. The molecule has 0 spiro atoms. The smallest absolute Gasteiger partial charge is 0.244 e. The Morgan fingerprint density at radius 3 is 2.74 bits per heavy atom. The fraction of sp³-hybridized carbons (Fsp3) is 0.111. The SMILES string of the molecule is CC(NC(=O)/C=C/c1nc2ccccc2o1)c1ccccc1Cl. The van der Waals surface area contributed by atoms with E-state index in [2.05, 4.69) is 10.3 Å². The molecule has 23 heavy (non-hydrogen) atoms. The van der Waals surface area contributed by atoms with Crippen LogP contribution in [0.5, 0.6) is 0 Å². The number of fused-ring (bicyclic) bond motifs is 1. The second-order valence-corrected chi connectivity index (χ2v) is 5.51. The molecule has 0 aliphatic carbocycles. The van der Waals surface area contributed by atoms with Crippen LogP contribution in [0.15, 0.2) is 59.0 Å². The first-order valence-electron chi connectivity index (χ1n) is 7.22. The Hall–Kier alpha value is -2.59. The van der Waals surface area contributed by atoms with Crippen LogP contribution in [0, 0.1) is 0 Å². The molecule has 3 rings (SSSR count). The van der Waals surface area contributed by atoms with Gasteiger partial charge in [0.05, 0.1) is 6.04 Å². The van der Waals surface area contributed by atoms with E-state index in [0.29, 0.717) is 16.5 Å². The van der Waals surface area contributed by atoms with Gasteiger partial charge in [0.2, 0.25) is 11.8 Å². The molecule has 1 unspecified atom stereocenters. The number of hydrogen-bond donors (Lipinski definition) is 1. The van der Waals surface area contributed by atoms with E-state index < -0.39 is 0 Å². The van der Waals surface area contributed by atoms with Crippen LogP contribution in [0.1, 0.15) is 24.4 Å². The first-order chi connectivity index (χ1) is 11.1. The lowest BCUT2D eigenvalue weighted by Gasteiger charge is -2.14. The van der Waals surface area contributed by atoms with Gasteiger partial charge in [0.25, 0.3) is 0 Å². The second-order valence-electron chi connectivity index (χ2n) is 5.10. The highest BCUT2D eigenvalue weighted by molar-refractivity contribution is 6.31. The predicted molar refractivity (Wildman–Crippen MR) is 91.1 cm³/mol. The number of hydrogen-bond acceptors (Lipinski definition) is 3. The predicted octanol–water partition coefficient (Wildman–Crippen LogP) is 4.37. The maximum atomic E-state index is 12.0. The molecule has 1 atom stereocenters. The Balaban J connectivity index is 1.68. The number of amides is 1. The quantitative estimate of drug-likeness (QED) is 0.724. The number of benzene rings is 2. The zero-order valence-electron chi connectivity index (χ0n) is 12.5. The number of nitrogens with zero attached hydrogens (tertiary/aromatic N) is 1. The van der Waals surface area contributed by atoms with Crippen molar-refractivity contribution in [2.75, 3.05) is 0 Å². The van der Waals surface area contributed by atoms with Crippen molar-refractivity contribution in [2.45, 2.75) is 13.0 Å². The minimum atomic E-state index is -0.236. The Bertz CT molecular complexity index is 837. The summed E-state index contributed by atoms with van der Waals surface area (Å²) < 4.78 is 5.53. The van der Waals surface area contributed by atoms with Gasteiger partial charge in [0.15, 0.2) is 5.58 Å². The van der Waals surface area contributed by atoms with Crippen LogP contribution < -0.4 is 5.32 Å². The molecule has 0 saturated carbocycles. The molecule has 0 radical (unpaired) electrons. The topological polar surface area (TPSA) is 55.1 Å². The Morgan fingerprint density at radius 1 is 1.22 bits per heavy atom. The van der Waals surface area contributed by atoms with Gasteiger partial charge in [-0.3, -0.25) is 4.79 Å². The molecule has 3 aromatic rings. The number of para-hydroxylation sites is 2. The number of carbonyl (C=O) groups is 1. The monoisotopic (exact) mass is 326 g/mol. The minimum absolute atomic E-state index is 0.190. The molecule has 116 valence electrons. The molecule has 0 saturated heterocycles. The highest BCUT2D eigenvalue weighted by Gasteiger charge is 2.10. The van der Waals surface area contributed by atoms with Gasteiger partial charge < -0.3 is 9.73 Å². The van der Waals surface area contributed by atoms with Gasteiger partial charge in [0.1, 0.15) is 5.52 Å². The van der Waals surface area contributed by atoms with Gasteiger partial charge in [-0.2, -0.15) is 0 Å². The lowest BCUT2D eigenvalue weighted by atomic mass is 10.1. The summed E-state index contributed by atoms with van der Waals surface area (Å²) in [7, 11) is 0. The third-order valence-corrected chi connectivity index (χ3v) is 3.76. The van der Waals surface area contributed by atoms with Crippen LogP contribution in [0.25, 0.3) is 17.2 Å². The number of rotatable bonds is 4. The summed E-state index contributed by atoms with van der Waals surface area (Å²) in [4.78, 5) is 16.3. The van der Waals surface area contributed by atoms with Crippen molar-refractivity contribution in [3.63, 3.8) is 0 Å². The van der Waals surface area contributed by atoms with E-state index >= 15 is 0 Å². The number of carbonyl (C=O) groups excluding carboxylic acids is 1. The molecule has 1 heterocycles. The summed E-state index contributed by atoms with van der Waals surface area (Å²) in [5.41, 5.74) is 2.33. The molecule has 0 bridgehead atoms. The van der Waals surface area contributed by atoms with Crippen LogP contribution >= 0.6 is 11.6 Å². The van der Waals surface area contributed by atoms with Gasteiger partial charge in [0, 0.05) is 17.2 Å². The first kappa shape index (κ1) is 15.3. The minimum Gasteiger partial charge on any atom is -0.437 e. The van der Waals surface area contributed by atoms with Gasteiger partial charge in [-0.05, 0) is 30.7 Å². The summed E-state index contributed by atoms with van der Waals surface area (Å²) >= 11 is 6.13. The molecule has 5 heteroatoms. The lowest BCUT2D eigenvalue weighted by Crippen LogP contribution is -2.24. The van der Waals surface area contributed by atoms with Gasteiger partial charge in [-0.25, -0.2) is 4.98 Å². The summed E-state index contributed by atoms with van der Waals surface area (Å²) in [6, 6.07) is 14.7. The van der Waals surface area contributed by atoms with Gasteiger partial charge >= 0.3 is 0 Å². The Morgan fingerprint density at radius 2 is 1.96 bits per heavy atom. The summed E-state index contributed by atoms with van der Waals surface area (Å²) in [5.74, 6) is 0.159. The molecule has 4 nitrogen and oxygen atoms in total. The van der Waals surface area contributed by atoms with Crippen molar-refractivity contribution in [3.8, 4) is 0 Å². The first-order valence-corrected chi connectivity index (χ1v) is 7.60. The van der Waals surface area contributed by atoms with E-state index in [-0.39, 0.29) is 11.9 Å². The third-order valence-electron chi connectivity index (χ3n) is 3.42. The van der Waals surface area contributed by atoms with E-state index in [9.17, 15) is 4.79 Å². The zero-order valence-corrected chi connectivity index (χ0v) is 13.2. The maximum Gasteiger partial charge on any atom is 0.244 e.